The van der Waals surface area contributed by atoms with Gasteiger partial charge in [-0.05, 0) is 24.3 Å². The molecule has 1 aromatic carbocycles. The Hall–Kier alpha value is -1.51. The topological polar surface area (TPSA) is 54.5 Å². The van der Waals surface area contributed by atoms with Crippen molar-refractivity contribution in [3.05, 3.63) is 29.3 Å². The van der Waals surface area contributed by atoms with Gasteiger partial charge in [0.15, 0.2) is 11.0 Å². The number of halogens is 1. The van der Waals surface area contributed by atoms with Gasteiger partial charge in [-0.25, -0.2) is 0 Å². The average molecular weight is 279 g/mol. The van der Waals surface area contributed by atoms with Gasteiger partial charge < -0.3 is 4.57 Å². The van der Waals surface area contributed by atoms with Gasteiger partial charge in [0.2, 0.25) is 0 Å². The van der Waals surface area contributed by atoms with Crippen LogP contribution in [0.3, 0.4) is 0 Å². The lowest BCUT2D eigenvalue weighted by Gasteiger charge is -2.03. The lowest BCUT2D eigenvalue weighted by Crippen LogP contribution is -1.95. The molecule has 0 atom stereocenters. The van der Waals surface area contributed by atoms with Crippen molar-refractivity contribution in [2.24, 2.45) is 7.05 Å². The van der Waals surface area contributed by atoms with E-state index in [9.17, 15) is 0 Å². The highest BCUT2D eigenvalue weighted by molar-refractivity contribution is 7.99. The standard InChI is InChI=1S/C12H11ClN4S/c1-17-11(9-3-5-10(13)6-4-9)15-16-12(17)18-8-2-7-14/h3-6H,2,8H2,1H3. The molecule has 0 bridgehead atoms. The first-order valence-corrected chi connectivity index (χ1v) is 6.74. The van der Waals surface area contributed by atoms with Gasteiger partial charge in [-0.2, -0.15) is 5.26 Å². The van der Waals surface area contributed by atoms with Crippen LogP contribution in [0.15, 0.2) is 29.4 Å². The maximum atomic E-state index is 8.50. The van der Waals surface area contributed by atoms with Crippen LogP contribution in [0.2, 0.25) is 5.02 Å². The lowest BCUT2D eigenvalue weighted by atomic mass is 10.2. The Kier molecular flexibility index (Phi) is 4.24. The molecule has 0 amide bonds. The largest absolute Gasteiger partial charge is 0.305 e. The van der Waals surface area contributed by atoms with Crippen molar-refractivity contribution in [2.75, 3.05) is 5.75 Å². The predicted octanol–water partition coefficient (Wildman–Crippen LogP) is 3.14. The second-order valence-electron chi connectivity index (χ2n) is 3.63. The van der Waals surface area contributed by atoms with Crippen molar-refractivity contribution in [3.63, 3.8) is 0 Å². The first-order chi connectivity index (χ1) is 8.72. The Morgan fingerprint density at radius 1 is 1.33 bits per heavy atom. The molecular weight excluding hydrogens is 268 g/mol. The summed E-state index contributed by atoms with van der Waals surface area (Å²) >= 11 is 7.38. The van der Waals surface area contributed by atoms with Gasteiger partial charge in [-0.1, -0.05) is 23.4 Å². The van der Waals surface area contributed by atoms with Crippen molar-refractivity contribution in [2.45, 2.75) is 11.6 Å². The Morgan fingerprint density at radius 3 is 2.72 bits per heavy atom. The molecule has 2 aromatic rings. The molecule has 92 valence electrons. The quantitative estimate of drug-likeness (QED) is 0.637. The van der Waals surface area contributed by atoms with Gasteiger partial charge in [0.05, 0.1) is 6.07 Å². The van der Waals surface area contributed by atoms with Crippen LogP contribution in [-0.2, 0) is 7.05 Å². The fourth-order valence-corrected chi connectivity index (χ4v) is 2.36. The summed E-state index contributed by atoms with van der Waals surface area (Å²) in [7, 11) is 1.92. The fourth-order valence-electron chi connectivity index (χ4n) is 1.48. The molecule has 0 spiro atoms. The molecule has 0 radical (unpaired) electrons. The molecule has 6 heteroatoms. The van der Waals surface area contributed by atoms with Crippen LogP contribution in [-0.4, -0.2) is 20.5 Å². The van der Waals surface area contributed by atoms with Gasteiger partial charge in [-0.3, -0.25) is 0 Å². The Labute approximate surface area is 115 Å². The molecule has 0 aliphatic carbocycles. The number of benzene rings is 1. The zero-order chi connectivity index (χ0) is 13.0. The molecule has 1 aromatic heterocycles. The molecule has 0 aliphatic rings. The minimum absolute atomic E-state index is 0.508. The van der Waals surface area contributed by atoms with Crippen molar-refractivity contribution >= 4 is 23.4 Å². The van der Waals surface area contributed by atoms with E-state index in [-0.39, 0.29) is 0 Å². The zero-order valence-electron chi connectivity index (χ0n) is 9.80. The second-order valence-corrected chi connectivity index (χ2v) is 5.13. The van der Waals surface area contributed by atoms with Crippen molar-refractivity contribution in [1.29, 1.82) is 5.26 Å². The monoisotopic (exact) mass is 278 g/mol. The van der Waals surface area contributed by atoms with Gasteiger partial charge in [0.25, 0.3) is 0 Å². The molecule has 0 unspecified atom stereocenters. The first-order valence-electron chi connectivity index (χ1n) is 5.37. The molecule has 0 saturated heterocycles. The summed E-state index contributed by atoms with van der Waals surface area (Å²) in [5.41, 5.74) is 0.974. The highest BCUT2D eigenvalue weighted by Crippen LogP contribution is 2.23. The van der Waals surface area contributed by atoms with E-state index in [2.05, 4.69) is 16.3 Å². The summed E-state index contributed by atoms with van der Waals surface area (Å²) in [4.78, 5) is 0. The van der Waals surface area contributed by atoms with Gasteiger partial charge in [-0.15, -0.1) is 10.2 Å². The third-order valence-electron chi connectivity index (χ3n) is 2.38. The van der Waals surface area contributed by atoms with E-state index in [4.69, 9.17) is 16.9 Å². The van der Waals surface area contributed by atoms with Crippen molar-refractivity contribution in [3.8, 4) is 17.5 Å². The van der Waals surface area contributed by atoms with Gasteiger partial charge >= 0.3 is 0 Å². The molecular formula is C12H11ClN4S. The van der Waals surface area contributed by atoms with Crippen LogP contribution >= 0.6 is 23.4 Å². The summed E-state index contributed by atoms with van der Waals surface area (Å²) < 4.78 is 1.92. The van der Waals surface area contributed by atoms with E-state index in [1.807, 2.05) is 35.9 Å². The van der Waals surface area contributed by atoms with E-state index in [0.717, 1.165) is 22.3 Å². The minimum atomic E-state index is 0.508. The number of thioether (sulfide) groups is 1. The molecule has 0 fully saturated rings. The highest BCUT2D eigenvalue weighted by atomic mass is 35.5. The molecule has 0 aliphatic heterocycles. The van der Waals surface area contributed by atoms with Gasteiger partial charge in [0, 0.05) is 29.8 Å². The summed E-state index contributed by atoms with van der Waals surface area (Å²) in [6.45, 7) is 0. The average Bonchev–Trinajstić information content (AvgIpc) is 2.73. The number of nitrogens with zero attached hydrogens (tertiary/aromatic N) is 4. The van der Waals surface area contributed by atoms with E-state index < -0.39 is 0 Å². The van der Waals surface area contributed by atoms with Crippen LogP contribution < -0.4 is 0 Å². The first kappa shape index (κ1) is 12.9. The number of rotatable bonds is 4. The van der Waals surface area contributed by atoms with Crippen LogP contribution in [0.1, 0.15) is 6.42 Å². The van der Waals surface area contributed by atoms with Crippen LogP contribution in [0.5, 0.6) is 0 Å². The second kappa shape index (κ2) is 5.89. The third kappa shape index (κ3) is 2.84. The zero-order valence-corrected chi connectivity index (χ0v) is 11.4. The number of nitriles is 1. The maximum Gasteiger partial charge on any atom is 0.191 e. The SMILES string of the molecule is Cn1c(SCCC#N)nnc1-c1ccc(Cl)cc1. The summed E-state index contributed by atoms with van der Waals surface area (Å²) in [5.74, 6) is 1.52. The summed E-state index contributed by atoms with van der Waals surface area (Å²) in [5, 5.41) is 18.3. The molecule has 2 rings (SSSR count). The van der Waals surface area contributed by atoms with Gasteiger partial charge in [0.1, 0.15) is 0 Å². The number of hydrogen-bond donors (Lipinski definition) is 0. The van der Waals surface area contributed by atoms with E-state index in [1.54, 1.807) is 0 Å². The third-order valence-corrected chi connectivity index (χ3v) is 3.66. The Bertz CT molecular complexity index is 571. The molecule has 18 heavy (non-hydrogen) atoms. The minimum Gasteiger partial charge on any atom is -0.305 e. The van der Waals surface area contributed by atoms with Crippen molar-refractivity contribution in [1.82, 2.24) is 14.8 Å². The Balaban J connectivity index is 2.20. The summed E-state index contributed by atoms with van der Waals surface area (Å²) in [6.07, 6.45) is 0.508. The molecule has 0 saturated carbocycles. The fraction of sp³-hybridized carbons (Fsp3) is 0.250. The van der Waals surface area contributed by atoms with Crippen molar-refractivity contribution < 1.29 is 0 Å². The number of hydrogen-bond acceptors (Lipinski definition) is 4. The van der Waals surface area contributed by atoms with E-state index >= 15 is 0 Å². The summed E-state index contributed by atoms with van der Waals surface area (Å²) in [6, 6.07) is 9.59. The Morgan fingerprint density at radius 2 is 2.06 bits per heavy atom. The van der Waals surface area contributed by atoms with Crippen LogP contribution in [0.25, 0.3) is 11.4 Å². The van der Waals surface area contributed by atoms with Crippen LogP contribution in [0.4, 0.5) is 0 Å². The lowest BCUT2D eigenvalue weighted by molar-refractivity contribution is 0.794. The molecule has 1 heterocycles. The molecule has 0 N–H and O–H groups in total. The van der Waals surface area contributed by atoms with E-state index in [1.165, 1.54) is 11.8 Å². The highest BCUT2D eigenvalue weighted by Gasteiger charge is 2.10. The normalized spacial score (nSPS) is 10.3. The van der Waals surface area contributed by atoms with E-state index in [0.29, 0.717) is 11.4 Å². The predicted molar refractivity (Wildman–Crippen MR) is 72.4 cm³/mol. The maximum absolute atomic E-state index is 8.50. The van der Waals surface area contributed by atoms with Crippen LogP contribution in [0, 0.1) is 11.3 Å². The number of aromatic nitrogens is 3. The molecule has 4 nitrogen and oxygen atoms in total. The smallest absolute Gasteiger partial charge is 0.191 e.